The first-order chi connectivity index (χ1) is 9.97. The van der Waals surface area contributed by atoms with Gasteiger partial charge in [0.05, 0.1) is 10.0 Å². The van der Waals surface area contributed by atoms with E-state index in [-0.39, 0.29) is 15.8 Å². The summed E-state index contributed by atoms with van der Waals surface area (Å²) in [4.78, 5) is 0. The van der Waals surface area contributed by atoms with Gasteiger partial charge in [0.25, 0.3) is 0 Å². The molecule has 0 bridgehead atoms. The van der Waals surface area contributed by atoms with Gasteiger partial charge in [0.2, 0.25) is 0 Å². The molecule has 1 aromatic carbocycles. The molecule has 0 radical (unpaired) electrons. The minimum atomic E-state index is -2.94. The third-order valence-corrected chi connectivity index (χ3v) is 4.52. The molecule has 1 aromatic rings. The van der Waals surface area contributed by atoms with Crippen molar-refractivity contribution in [3.63, 3.8) is 0 Å². The quantitative estimate of drug-likeness (QED) is 0.713. The maximum Gasteiger partial charge on any atom is 0.387 e. The van der Waals surface area contributed by atoms with Crippen molar-refractivity contribution in [1.82, 2.24) is 0 Å². The highest BCUT2D eigenvalue weighted by atomic mass is 35.5. The van der Waals surface area contributed by atoms with E-state index < -0.39 is 6.61 Å². The van der Waals surface area contributed by atoms with Crippen LogP contribution in [0.15, 0.2) is 12.1 Å². The Morgan fingerprint density at radius 3 is 2.24 bits per heavy atom. The second-order valence-electron chi connectivity index (χ2n) is 5.48. The summed E-state index contributed by atoms with van der Waals surface area (Å²) in [5.41, 5.74) is 0.727. The van der Waals surface area contributed by atoms with Crippen molar-refractivity contribution < 1.29 is 13.5 Å². The van der Waals surface area contributed by atoms with Gasteiger partial charge in [-0.15, -0.1) is 0 Å². The summed E-state index contributed by atoms with van der Waals surface area (Å²) in [6.45, 7) is -0.818. The molecule has 1 atom stereocenters. The minimum Gasteiger partial charge on any atom is -0.432 e. The van der Waals surface area contributed by atoms with Crippen LogP contribution in [0.4, 0.5) is 14.5 Å². The molecule has 0 spiro atoms. The van der Waals surface area contributed by atoms with Gasteiger partial charge in [-0.25, -0.2) is 0 Å². The van der Waals surface area contributed by atoms with Gasteiger partial charge in [-0.2, -0.15) is 8.78 Å². The molecule has 2 rings (SSSR count). The van der Waals surface area contributed by atoms with Crippen molar-refractivity contribution >= 4 is 28.9 Å². The number of anilines is 1. The molecule has 0 amide bonds. The SMILES string of the molecule is CC(Nc1cc(Cl)c(OC(F)F)c(Cl)c1)C1CCCCC1. The first-order valence-corrected chi connectivity index (χ1v) is 7.93. The van der Waals surface area contributed by atoms with Crippen LogP contribution >= 0.6 is 23.2 Å². The molecular weight excluding hydrogens is 319 g/mol. The molecule has 0 aromatic heterocycles. The van der Waals surface area contributed by atoms with E-state index >= 15 is 0 Å². The largest absolute Gasteiger partial charge is 0.432 e. The Morgan fingerprint density at radius 2 is 1.71 bits per heavy atom. The van der Waals surface area contributed by atoms with Crippen LogP contribution in [0.25, 0.3) is 0 Å². The van der Waals surface area contributed by atoms with E-state index in [1.165, 1.54) is 32.1 Å². The Labute approximate surface area is 133 Å². The molecule has 6 heteroatoms. The average molecular weight is 338 g/mol. The molecule has 1 aliphatic carbocycles. The lowest BCUT2D eigenvalue weighted by molar-refractivity contribution is -0.0497. The molecule has 1 aliphatic rings. The zero-order valence-electron chi connectivity index (χ0n) is 11.8. The van der Waals surface area contributed by atoms with Gasteiger partial charge in [-0.1, -0.05) is 42.5 Å². The smallest absolute Gasteiger partial charge is 0.387 e. The van der Waals surface area contributed by atoms with Gasteiger partial charge < -0.3 is 10.1 Å². The number of ether oxygens (including phenoxy) is 1. The monoisotopic (exact) mass is 337 g/mol. The van der Waals surface area contributed by atoms with E-state index in [4.69, 9.17) is 23.2 Å². The highest BCUT2D eigenvalue weighted by Crippen LogP contribution is 2.38. The summed E-state index contributed by atoms with van der Waals surface area (Å²) in [7, 11) is 0. The zero-order valence-corrected chi connectivity index (χ0v) is 13.4. The van der Waals surface area contributed by atoms with Crippen LogP contribution in [0.1, 0.15) is 39.0 Å². The standard InChI is InChI=1S/C15H19Cl2F2NO/c1-9(10-5-3-2-4-6-10)20-11-7-12(16)14(13(17)8-11)21-15(18)19/h7-10,15,20H,2-6H2,1H3. The third-order valence-electron chi connectivity index (χ3n) is 3.96. The van der Waals surface area contributed by atoms with Crippen molar-refractivity contribution in [3.05, 3.63) is 22.2 Å². The maximum absolute atomic E-state index is 12.3. The summed E-state index contributed by atoms with van der Waals surface area (Å²) in [6, 6.07) is 3.44. The Bertz CT molecular complexity index is 456. The highest BCUT2D eigenvalue weighted by molar-refractivity contribution is 6.37. The number of nitrogens with one attached hydrogen (secondary N) is 1. The molecule has 1 fully saturated rings. The molecule has 0 aliphatic heterocycles. The van der Waals surface area contributed by atoms with Gasteiger partial charge in [0.15, 0.2) is 5.75 Å². The molecule has 1 unspecified atom stereocenters. The third kappa shape index (κ3) is 4.62. The Hall–Kier alpha value is -0.740. The molecule has 118 valence electrons. The fraction of sp³-hybridized carbons (Fsp3) is 0.600. The van der Waals surface area contributed by atoms with Crippen LogP contribution < -0.4 is 10.1 Å². The molecule has 21 heavy (non-hydrogen) atoms. The Morgan fingerprint density at radius 1 is 1.14 bits per heavy atom. The average Bonchev–Trinajstić information content (AvgIpc) is 2.43. The number of hydrogen-bond donors (Lipinski definition) is 1. The van der Waals surface area contributed by atoms with Crippen molar-refractivity contribution in [2.45, 2.75) is 51.7 Å². The van der Waals surface area contributed by atoms with E-state index in [0.29, 0.717) is 12.0 Å². The summed E-state index contributed by atoms with van der Waals surface area (Å²) < 4.78 is 28.9. The van der Waals surface area contributed by atoms with E-state index in [1.54, 1.807) is 12.1 Å². The van der Waals surface area contributed by atoms with Gasteiger partial charge in [0.1, 0.15) is 0 Å². The topological polar surface area (TPSA) is 21.3 Å². The normalized spacial score (nSPS) is 17.8. The van der Waals surface area contributed by atoms with Crippen molar-refractivity contribution in [3.8, 4) is 5.75 Å². The maximum atomic E-state index is 12.3. The molecule has 2 nitrogen and oxygen atoms in total. The predicted molar refractivity (Wildman–Crippen MR) is 82.8 cm³/mol. The van der Waals surface area contributed by atoms with Crippen LogP contribution in [-0.2, 0) is 0 Å². The van der Waals surface area contributed by atoms with E-state index in [0.717, 1.165) is 5.69 Å². The number of hydrogen-bond acceptors (Lipinski definition) is 2. The molecule has 0 heterocycles. The van der Waals surface area contributed by atoms with Crippen LogP contribution in [0.5, 0.6) is 5.75 Å². The van der Waals surface area contributed by atoms with Crippen molar-refractivity contribution in [2.24, 2.45) is 5.92 Å². The van der Waals surface area contributed by atoms with Gasteiger partial charge >= 0.3 is 6.61 Å². The summed E-state index contributed by atoms with van der Waals surface area (Å²) in [6.07, 6.45) is 6.25. The van der Waals surface area contributed by atoms with Crippen LogP contribution in [0.2, 0.25) is 10.0 Å². The first kappa shape index (κ1) is 16.6. The Kier molecular flexibility index (Phi) is 5.94. The lowest BCUT2D eigenvalue weighted by atomic mass is 9.84. The van der Waals surface area contributed by atoms with Crippen LogP contribution in [0.3, 0.4) is 0 Å². The van der Waals surface area contributed by atoms with Crippen molar-refractivity contribution in [1.29, 1.82) is 0 Å². The fourth-order valence-electron chi connectivity index (χ4n) is 2.86. The second kappa shape index (κ2) is 7.50. The van der Waals surface area contributed by atoms with Gasteiger partial charge in [-0.3, -0.25) is 0 Å². The summed E-state index contributed by atoms with van der Waals surface area (Å²) in [5.74, 6) is 0.442. The second-order valence-corrected chi connectivity index (χ2v) is 6.29. The van der Waals surface area contributed by atoms with E-state index in [2.05, 4.69) is 17.0 Å². The highest BCUT2D eigenvalue weighted by Gasteiger charge is 2.21. The molecule has 0 saturated heterocycles. The molecule has 1 N–H and O–H groups in total. The van der Waals surface area contributed by atoms with Gasteiger partial charge in [0, 0.05) is 11.7 Å². The molecular formula is C15H19Cl2F2NO. The fourth-order valence-corrected chi connectivity index (χ4v) is 3.44. The summed E-state index contributed by atoms with van der Waals surface area (Å²) >= 11 is 11.9. The number of halogens is 4. The lowest BCUT2D eigenvalue weighted by Crippen LogP contribution is -2.27. The van der Waals surface area contributed by atoms with Crippen LogP contribution in [0, 0.1) is 5.92 Å². The lowest BCUT2D eigenvalue weighted by Gasteiger charge is -2.29. The zero-order chi connectivity index (χ0) is 15.4. The predicted octanol–water partition coefficient (Wildman–Crippen LogP) is 5.98. The Balaban J connectivity index is 2.06. The number of alkyl halides is 2. The van der Waals surface area contributed by atoms with E-state index in [9.17, 15) is 8.78 Å². The van der Waals surface area contributed by atoms with E-state index in [1.807, 2.05) is 0 Å². The number of rotatable bonds is 5. The number of benzene rings is 1. The minimum absolute atomic E-state index is 0.0844. The first-order valence-electron chi connectivity index (χ1n) is 7.17. The summed E-state index contributed by atoms with van der Waals surface area (Å²) in [5, 5.41) is 3.53. The van der Waals surface area contributed by atoms with Crippen molar-refractivity contribution in [2.75, 3.05) is 5.32 Å². The van der Waals surface area contributed by atoms with Gasteiger partial charge in [-0.05, 0) is 37.8 Å². The van der Waals surface area contributed by atoms with Crippen LogP contribution in [-0.4, -0.2) is 12.7 Å². The molecule has 1 saturated carbocycles.